The summed E-state index contributed by atoms with van der Waals surface area (Å²) in [4.78, 5) is 0. The van der Waals surface area contributed by atoms with Crippen LogP contribution in [0.4, 0.5) is 0 Å². The van der Waals surface area contributed by atoms with Gasteiger partial charge in [-0.3, -0.25) is 0 Å². The van der Waals surface area contributed by atoms with Gasteiger partial charge in [0.1, 0.15) is 6.10 Å². The lowest BCUT2D eigenvalue weighted by Gasteiger charge is -2.13. The zero-order chi connectivity index (χ0) is 18.6. The first-order valence-corrected chi connectivity index (χ1v) is 11.1. The molecule has 3 heteroatoms. The number of unbranched alkanes of at least 4 members (excludes halogenated alkanes) is 15. The lowest BCUT2D eigenvalue weighted by atomic mass is 10.0. The van der Waals surface area contributed by atoms with Gasteiger partial charge in [-0.2, -0.15) is 0 Å². The molecule has 0 aromatic carbocycles. The van der Waals surface area contributed by atoms with Crippen LogP contribution in [0.5, 0.6) is 0 Å². The summed E-state index contributed by atoms with van der Waals surface area (Å²) >= 11 is 0. The summed E-state index contributed by atoms with van der Waals surface area (Å²) < 4.78 is 5.37. The molecule has 0 aromatic heterocycles. The maximum atomic E-state index is 9.39. The van der Waals surface area contributed by atoms with E-state index in [1.54, 1.807) is 6.92 Å². The smallest absolute Gasteiger partial charge is 0.103 e. The van der Waals surface area contributed by atoms with Gasteiger partial charge in [-0.25, -0.2) is 0 Å². The van der Waals surface area contributed by atoms with Gasteiger partial charge in [0.15, 0.2) is 0 Å². The summed E-state index contributed by atoms with van der Waals surface area (Å²) in [6, 6.07) is 0. The molecule has 0 heterocycles. The summed E-state index contributed by atoms with van der Waals surface area (Å²) in [5, 5.41) is 18.5. The van der Waals surface area contributed by atoms with Gasteiger partial charge in [-0.05, 0) is 13.3 Å². The van der Waals surface area contributed by atoms with Crippen molar-refractivity contribution in [1.82, 2.24) is 0 Å². The molecule has 152 valence electrons. The van der Waals surface area contributed by atoms with Crippen LogP contribution in [0.15, 0.2) is 0 Å². The van der Waals surface area contributed by atoms with E-state index < -0.39 is 12.2 Å². The van der Waals surface area contributed by atoms with Crippen molar-refractivity contribution in [2.24, 2.45) is 0 Å². The zero-order valence-electron chi connectivity index (χ0n) is 17.2. The lowest BCUT2D eigenvalue weighted by molar-refractivity contribution is -0.0309. The molecule has 0 aliphatic rings. The number of hydrogen-bond donors (Lipinski definition) is 2. The standard InChI is InChI=1S/C22H46O3/c1-3-4-5-6-7-8-9-10-11-12-13-14-15-16-17-18-19-25-20-22(24)21(2)23/h21-24H,3-20H2,1-2H3. The Morgan fingerprint density at radius 2 is 0.960 bits per heavy atom. The summed E-state index contributed by atoms with van der Waals surface area (Å²) in [7, 11) is 0. The summed E-state index contributed by atoms with van der Waals surface area (Å²) in [6.45, 7) is 4.81. The van der Waals surface area contributed by atoms with Crippen LogP contribution >= 0.6 is 0 Å². The topological polar surface area (TPSA) is 49.7 Å². The second kappa shape index (κ2) is 20.2. The molecule has 0 aliphatic heterocycles. The lowest BCUT2D eigenvalue weighted by Crippen LogP contribution is -2.27. The summed E-state index contributed by atoms with van der Waals surface area (Å²) in [5.41, 5.74) is 0. The average Bonchev–Trinajstić information content (AvgIpc) is 2.60. The Bertz CT molecular complexity index is 243. The quantitative estimate of drug-likeness (QED) is 0.262. The van der Waals surface area contributed by atoms with Crippen molar-refractivity contribution in [1.29, 1.82) is 0 Å². The molecule has 0 aromatic rings. The third-order valence-electron chi connectivity index (χ3n) is 4.99. The Morgan fingerprint density at radius 3 is 1.32 bits per heavy atom. The van der Waals surface area contributed by atoms with Gasteiger partial charge in [0.2, 0.25) is 0 Å². The Balaban J connectivity index is 3.03. The predicted molar refractivity (Wildman–Crippen MR) is 108 cm³/mol. The van der Waals surface area contributed by atoms with Crippen LogP contribution in [0.3, 0.4) is 0 Å². The van der Waals surface area contributed by atoms with E-state index in [0.29, 0.717) is 6.61 Å². The first kappa shape index (κ1) is 24.9. The number of aliphatic hydroxyl groups is 2. The van der Waals surface area contributed by atoms with Crippen molar-refractivity contribution in [3.63, 3.8) is 0 Å². The van der Waals surface area contributed by atoms with Crippen LogP contribution in [0, 0.1) is 0 Å². The Morgan fingerprint density at radius 1 is 0.600 bits per heavy atom. The Labute approximate surface area is 157 Å². The summed E-state index contributed by atoms with van der Waals surface area (Å²) in [5.74, 6) is 0. The molecule has 0 fully saturated rings. The fourth-order valence-electron chi connectivity index (χ4n) is 3.10. The van der Waals surface area contributed by atoms with E-state index in [4.69, 9.17) is 9.84 Å². The molecule has 0 saturated heterocycles. The highest BCUT2D eigenvalue weighted by atomic mass is 16.5. The Kier molecular flexibility index (Phi) is 20.1. The molecule has 25 heavy (non-hydrogen) atoms. The van der Waals surface area contributed by atoms with E-state index in [2.05, 4.69) is 6.92 Å². The van der Waals surface area contributed by atoms with Crippen molar-refractivity contribution >= 4 is 0 Å². The van der Waals surface area contributed by atoms with Crippen LogP contribution in [0.2, 0.25) is 0 Å². The van der Waals surface area contributed by atoms with E-state index >= 15 is 0 Å². The van der Waals surface area contributed by atoms with Crippen molar-refractivity contribution in [2.45, 2.75) is 129 Å². The van der Waals surface area contributed by atoms with Crippen LogP contribution in [-0.4, -0.2) is 35.6 Å². The van der Waals surface area contributed by atoms with Crippen molar-refractivity contribution < 1.29 is 14.9 Å². The molecule has 2 atom stereocenters. The molecule has 2 N–H and O–H groups in total. The van der Waals surface area contributed by atoms with Gasteiger partial charge >= 0.3 is 0 Å². The number of aliphatic hydroxyl groups excluding tert-OH is 2. The molecule has 0 rings (SSSR count). The van der Waals surface area contributed by atoms with Crippen LogP contribution in [-0.2, 0) is 4.74 Å². The highest BCUT2D eigenvalue weighted by Crippen LogP contribution is 2.13. The highest BCUT2D eigenvalue weighted by Gasteiger charge is 2.09. The number of ether oxygens (including phenoxy) is 1. The van der Waals surface area contributed by atoms with Gasteiger partial charge in [0.25, 0.3) is 0 Å². The van der Waals surface area contributed by atoms with E-state index in [1.807, 2.05) is 0 Å². The summed E-state index contributed by atoms with van der Waals surface area (Å²) in [6.07, 6.45) is 20.5. The normalized spacial score (nSPS) is 13.9. The number of rotatable bonds is 20. The number of hydrogen-bond acceptors (Lipinski definition) is 3. The minimum absolute atomic E-state index is 0.246. The predicted octanol–water partition coefficient (Wildman–Crippen LogP) is 6.01. The van der Waals surface area contributed by atoms with E-state index in [1.165, 1.54) is 96.3 Å². The van der Waals surface area contributed by atoms with E-state index in [0.717, 1.165) is 6.42 Å². The average molecular weight is 359 g/mol. The first-order chi connectivity index (χ1) is 12.2. The van der Waals surface area contributed by atoms with Crippen molar-refractivity contribution in [2.75, 3.05) is 13.2 Å². The molecule has 0 spiro atoms. The van der Waals surface area contributed by atoms with Crippen LogP contribution in [0.25, 0.3) is 0 Å². The Hall–Kier alpha value is -0.120. The maximum Gasteiger partial charge on any atom is 0.103 e. The van der Waals surface area contributed by atoms with Gasteiger partial charge in [-0.1, -0.05) is 103 Å². The second-order valence-electron chi connectivity index (χ2n) is 7.69. The zero-order valence-corrected chi connectivity index (χ0v) is 17.2. The third-order valence-corrected chi connectivity index (χ3v) is 4.99. The van der Waals surface area contributed by atoms with Crippen molar-refractivity contribution in [3.8, 4) is 0 Å². The molecule has 0 amide bonds. The molecule has 2 unspecified atom stereocenters. The van der Waals surface area contributed by atoms with E-state index in [-0.39, 0.29) is 6.61 Å². The minimum Gasteiger partial charge on any atom is -0.391 e. The van der Waals surface area contributed by atoms with Crippen molar-refractivity contribution in [3.05, 3.63) is 0 Å². The fourth-order valence-corrected chi connectivity index (χ4v) is 3.10. The monoisotopic (exact) mass is 358 g/mol. The first-order valence-electron chi connectivity index (χ1n) is 11.1. The second-order valence-corrected chi connectivity index (χ2v) is 7.69. The third kappa shape index (κ3) is 20.0. The van der Waals surface area contributed by atoms with Gasteiger partial charge in [-0.15, -0.1) is 0 Å². The molecular weight excluding hydrogens is 312 g/mol. The molecule has 0 saturated carbocycles. The molecule has 0 radical (unpaired) electrons. The SMILES string of the molecule is CCCCCCCCCCCCCCCCCCOCC(O)C(C)O. The largest absolute Gasteiger partial charge is 0.391 e. The highest BCUT2D eigenvalue weighted by molar-refractivity contribution is 4.59. The van der Waals surface area contributed by atoms with Crippen LogP contribution in [0.1, 0.15) is 117 Å². The molecule has 3 nitrogen and oxygen atoms in total. The van der Waals surface area contributed by atoms with Gasteiger partial charge < -0.3 is 14.9 Å². The van der Waals surface area contributed by atoms with Gasteiger partial charge in [0, 0.05) is 6.61 Å². The van der Waals surface area contributed by atoms with Crippen LogP contribution < -0.4 is 0 Å². The molecule has 0 aliphatic carbocycles. The maximum absolute atomic E-state index is 9.39. The molecule has 0 bridgehead atoms. The fraction of sp³-hybridized carbons (Fsp3) is 1.00. The minimum atomic E-state index is -0.749. The van der Waals surface area contributed by atoms with Gasteiger partial charge in [0.05, 0.1) is 12.7 Å². The van der Waals surface area contributed by atoms with E-state index in [9.17, 15) is 5.11 Å². The molecular formula is C22H46O3.